The minimum atomic E-state index is -0.185. The lowest BCUT2D eigenvalue weighted by molar-refractivity contribution is -0.153. The molecule has 2 atom stereocenters. The number of carbonyl (C=O) groups excluding carboxylic acids is 1. The van der Waals surface area contributed by atoms with Gasteiger partial charge in [-0.25, -0.2) is 4.98 Å². The van der Waals surface area contributed by atoms with E-state index in [4.69, 9.17) is 14.5 Å². The Bertz CT molecular complexity index is 1200. The molecule has 2 aromatic carbocycles. The molecular weight excluding hydrogens is 472 g/mol. The first-order valence-corrected chi connectivity index (χ1v) is 14.7. The van der Waals surface area contributed by atoms with Crippen LogP contribution in [0.4, 0.5) is 0 Å². The minimum Gasteiger partial charge on any atom is -0.487 e. The fourth-order valence-electron chi connectivity index (χ4n) is 6.00. The molecule has 2 heterocycles. The second kappa shape index (κ2) is 13.2. The van der Waals surface area contributed by atoms with Crippen LogP contribution >= 0.6 is 0 Å². The standard InChI is InChI=1S/C33H42N2O3/c1-2-3-10-27-15-14-25-17-19-29(37-24-28-18-16-26-11-5-6-12-31(26)34-28)23-30(25)33(27)38-32(36)13-9-22-35-20-7-4-8-21-35/h5-6,11-12,16-19,23,27,33H,2-4,7-10,13-15,20-22,24H2,1H3/t27-,33+/m0/s1. The van der Waals surface area contributed by atoms with Crippen LogP contribution in [0.5, 0.6) is 5.75 Å². The third-order valence-electron chi connectivity index (χ3n) is 8.17. The molecule has 5 heteroatoms. The van der Waals surface area contributed by atoms with Crippen molar-refractivity contribution in [3.8, 4) is 5.75 Å². The molecule has 1 aliphatic carbocycles. The third-order valence-corrected chi connectivity index (χ3v) is 8.17. The van der Waals surface area contributed by atoms with Crippen molar-refractivity contribution >= 4 is 16.9 Å². The molecule has 1 saturated heterocycles. The number of benzene rings is 2. The first kappa shape index (κ1) is 26.7. The lowest BCUT2D eigenvalue weighted by Crippen LogP contribution is -2.31. The molecule has 0 unspecified atom stereocenters. The molecule has 5 rings (SSSR count). The molecule has 3 aromatic rings. The molecule has 38 heavy (non-hydrogen) atoms. The molecular formula is C33H42N2O3. The van der Waals surface area contributed by atoms with Gasteiger partial charge in [0.05, 0.1) is 11.2 Å². The lowest BCUT2D eigenvalue weighted by Gasteiger charge is -2.34. The summed E-state index contributed by atoms with van der Waals surface area (Å²) < 4.78 is 12.5. The van der Waals surface area contributed by atoms with Crippen LogP contribution in [0.3, 0.4) is 0 Å². The summed E-state index contributed by atoms with van der Waals surface area (Å²) in [6.45, 7) is 5.97. The summed E-state index contributed by atoms with van der Waals surface area (Å²) in [6.07, 6.45) is 10.6. The van der Waals surface area contributed by atoms with Crippen molar-refractivity contribution in [1.29, 1.82) is 0 Å². The Balaban J connectivity index is 1.25. The normalized spacial score (nSPS) is 19.7. The number of hydrogen-bond donors (Lipinski definition) is 0. The van der Waals surface area contributed by atoms with Crippen LogP contribution in [0.2, 0.25) is 0 Å². The largest absolute Gasteiger partial charge is 0.487 e. The summed E-state index contributed by atoms with van der Waals surface area (Å²) in [6, 6.07) is 18.6. The van der Waals surface area contributed by atoms with Gasteiger partial charge in [0.25, 0.3) is 0 Å². The van der Waals surface area contributed by atoms with E-state index in [2.05, 4.69) is 36.1 Å². The number of unbranched alkanes of at least 4 members (excludes halogenated alkanes) is 1. The van der Waals surface area contributed by atoms with Gasteiger partial charge in [0.15, 0.2) is 0 Å². The molecule has 2 aliphatic rings. The van der Waals surface area contributed by atoms with Gasteiger partial charge in [-0.3, -0.25) is 4.79 Å². The second-order valence-electron chi connectivity index (χ2n) is 11.0. The molecule has 1 fully saturated rings. The van der Waals surface area contributed by atoms with E-state index in [1.165, 1.54) is 37.9 Å². The Labute approximate surface area is 227 Å². The number of aryl methyl sites for hydroxylation is 1. The number of carbonyl (C=O) groups is 1. The van der Waals surface area contributed by atoms with Crippen LogP contribution in [0.1, 0.15) is 87.6 Å². The molecule has 0 spiro atoms. The van der Waals surface area contributed by atoms with Gasteiger partial charge < -0.3 is 14.4 Å². The smallest absolute Gasteiger partial charge is 0.306 e. The number of pyridine rings is 1. The molecule has 0 saturated carbocycles. The SMILES string of the molecule is CCCC[C@H]1CCc2ccc(OCc3ccc4ccccc4n3)cc2[C@@H]1OC(=O)CCCN1CCCCC1. The molecule has 1 aliphatic heterocycles. The summed E-state index contributed by atoms with van der Waals surface area (Å²) in [5.41, 5.74) is 4.29. The van der Waals surface area contributed by atoms with E-state index in [-0.39, 0.29) is 12.1 Å². The highest BCUT2D eigenvalue weighted by Gasteiger charge is 2.32. The van der Waals surface area contributed by atoms with Crippen molar-refractivity contribution in [3.05, 3.63) is 71.4 Å². The summed E-state index contributed by atoms with van der Waals surface area (Å²) in [5, 5.41) is 1.13. The Morgan fingerprint density at radius 2 is 1.89 bits per heavy atom. The summed E-state index contributed by atoms with van der Waals surface area (Å²) >= 11 is 0. The van der Waals surface area contributed by atoms with Crippen LogP contribution in [-0.4, -0.2) is 35.5 Å². The van der Waals surface area contributed by atoms with Gasteiger partial charge in [0, 0.05) is 17.7 Å². The monoisotopic (exact) mass is 514 g/mol. The molecule has 202 valence electrons. The molecule has 0 amide bonds. The predicted octanol–water partition coefficient (Wildman–Crippen LogP) is 7.42. The Morgan fingerprint density at radius 1 is 1.03 bits per heavy atom. The van der Waals surface area contributed by atoms with Crippen LogP contribution in [0, 0.1) is 5.92 Å². The molecule has 0 radical (unpaired) electrons. The summed E-state index contributed by atoms with van der Waals surface area (Å²) in [5.74, 6) is 1.11. The predicted molar refractivity (Wildman–Crippen MR) is 152 cm³/mol. The van der Waals surface area contributed by atoms with E-state index in [0.717, 1.165) is 73.0 Å². The van der Waals surface area contributed by atoms with Crippen LogP contribution < -0.4 is 4.74 Å². The van der Waals surface area contributed by atoms with Crippen molar-refractivity contribution in [2.24, 2.45) is 5.92 Å². The number of piperidine rings is 1. The maximum absolute atomic E-state index is 13.0. The van der Waals surface area contributed by atoms with Gasteiger partial charge in [-0.15, -0.1) is 0 Å². The number of fused-ring (bicyclic) bond motifs is 2. The van der Waals surface area contributed by atoms with Crippen molar-refractivity contribution < 1.29 is 14.3 Å². The molecule has 1 aromatic heterocycles. The minimum absolute atomic E-state index is 0.0620. The second-order valence-corrected chi connectivity index (χ2v) is 11.0. The Hall–Kier alpha value is -2.92. The van der Waals surface area contributed by atoms with Gasteiger partial charge in [0.2, 0.25) is 0 Å². The fourth-order valence-corrected chi connectivity index (χ4v) is 6.00. The van der Waals surface area contributed by atoms with E-state index in [1.807, 2.05) is 30.3 Å². The molecule has 0 bridgehead atoms. The van der Waals surface area contributed by atoms with Crippen LogP contribution in [0.15, 0.2) is 54.6 Å². The fraction of sp³-hybridized carbons (Fsp3) is 0.515. The number of para-hydroxylation sites is 1. The third kappa shape index (κ3) is 6.93. The van der Waals surface area contributed by atoms with Gasteiger partial charge >= 0.3 is 5.97 Å². The number of nitrogens with zero attached hydrogens (tertiary/aromatic N) is 2. The maximum Gasteiger partial charge on any atom is 0.306 e. The number of rotatable bonds is 11. The zero-order chi connectivity index (χ0) is 26.2. The van der Waals surface area contributed by atoms with Gasteiger partial charge in [-0.2, -0.15) is 0 Å². The average molecular weight is 515 g/mol. The number of aromatic nitrogens is 1. The van der Waals surface area contributed by atoms with Gasteiger partial charge in [-0.1, -0.05) is 56.5 Å². The number of ether oxygens (including phenoxy) is 2. The van der Waals surface area contributed by atoms with Crippen molar-refractivity contribution in [1.82, 2.24) is 9.88 Å². The first-order chi connectivity index (χ1) is 18.7. The van der Waals surface area contributed by atoms with Crippen LogP contribution in [0.25, 0.3) is 10.9 Å². The lowest BCUT2D eigenvalue weighted by atomic mass is 9.79. The van der Waals surface area contributed by atoms with Gasteiger partial charge in [-0.05, 0) is 93.6 Å². The number of esters is 1. The van der Waals surface area contributed by atoms with Gasteiger partial charge in [0.1, 0.15) is 18.5 Å². The van der Waals surface area contributed by atoms with Crippen molar-refractivity contribution in [2.75, 3.05) is 19.6 Å². The van der Waals surface area contributed by atoms with E-state index in [0.29, 0.717) is 18.9 Å². The molecule has 0 N–H and O–H groups in total. The highest BCUT2D eigenvalue weighted by atomic mass is 16.5. The molecule has 5 nitrogen and oxygen atoms in total. The van der Waals surface area contributed by atoms with Crippen molar-refractivity contribution in [2.45, 2.75) is 83.8 Å². The zero-order valence-corrected chi connectivity index (χ0v) is 22.9. The Kier molecular flexibility index (Phi) is 9.29. The highest BCUT2D eigenvalue weighted by molar-refractivity contribution is 5.78. The highest BCUT2D eigenvalue weighted by Crippen LogP contribution is 2.41. The quantitative estimate of drug-likeness (QED) is 0.249. The van der Waals surface area contributed by atoms with Crippen molar-refractivity contribution in [3.63, 3.8) is 0 Å². The maximum atomic E-state index is 13.0. The average Bonchev–Trinajstić information content (AvgIpc) is 2.96. The van der Waals surface area contributed by atoms with E-state index < -0.39 is 0 Å². The number of likely N-dealkylation sites (tertiary alicyclic amines) is 1. The van der Waals surface area contributed by atoms with E-state index >= 15 is 0 Å². The van der Waals surface area contributed by atoms with E-state index in [9.17, 15) is 4.79 Å². The topological polar surface area (TPSA) is 51.7 Å². The van der Waals surface area contributed by atoms with Crippen LogP contribution in [-0.2, 0) is 22.6 Å². The zero-order valence-electron chi connectivity index (χ0n) is 22.9. The van der Waals surface area contributed by atoms with E-state index in [1.54, 1.807) is 0 Å². The Morgan fingerprint density at radius 3 is 2.76 bits per heavy atom. The summed E-state index contributed by atoms with van der Waals surface area (Å²) in [7, 11) is 0. The first-order valence-electron chi connectivity index (χ1n) is 14.7. The summed E-state index contributed by atoms with van der Waals surface area (Å²) in [4.78, 5) is 20.2. The number of hydrogen-bond acceptors (Lipinski definition) is 5.